The minimum atomic E-state index is 0.235. The smallest absolute Gasteiger partial charge is 0.224 e. The fraction of sp³-hybridized carbons (Fsp3) is 0.636. The Balaban J connectivity index is 1.78. The number of aryl methyl sites for hydroxylation is 1. The highest BCUT2D eigenvalue weighted by molar-refractivity contribution is 5.76. The molecular weight excluding hydrogens is 204 g/mol. The second-order valence-electron chi connectivity index (χ2n) is 4.00. The highest BCUT2D eigenvalue weighted by Gasteiger charge is 2.14. The Morgan fingerprint density at radius 1 is 1.38 bits per heavy atom. The minimum absolute atomic E-state index is 0.235. The van der Waals surface area contributed by atoms with Crippen molar-refractivity contribution in [2.45, 2.75) is 19.4 Å². The average Bonchev–Trinajstić information content (AvgIpc) is 2.66. The van der Waals surface area contributed by atoms with Crippen LogP contribution in [0, 0.1) is 0 Å². The number of hydrogen-bond donors (Lipinski definition) is 1. The van der Waals surface area contributed by atoms with Crippen LogP contribution in [-0.4, -0.2) is 46.8 Å². The summed E-state index contributed by atoms with van der Waals surface area (Å²) in [4.78, 5) is 13.9. The van der Waals surface area contributed by atoms with Gasteiger partial charge in [0.1, 0.15) is 0 Å². The van der Waals surface area contributed by atoms with Crippen molar-refractivity contribution in [1.29, 1.82) is 0 Å². The molecule has 1 aliphatic heterocycles. The summed E-state index contributed by atoms with van der Waals surface area (Å²) in [6.07, 6.45) is 5.22. The molecule has 1 fully saturated rings. The molecule has 0 atom stereocenters. The molecule has 0 unspecified atom stereocenters. The first-order valence-electron chi connectivity index (χ1n) is 5.82. The molecule has 1 N–H and O–H groups in total. The van der Waals surface area contributed by atoms with Gasteiger partial charge in [-0.2, -0.15) is 5.10 Å². The normalized spacial score (nSPS) is 17.1. The van der Waals surface area contributed by atoms with Crippen LogP contribution < -0.4 is 5.32 Å². The maximum atomic E-state index is 11.9. The van der Waals surface area contributed by atoms with E-state index in [9.17, 15) is 4.79 Å². The third kappa shape index (κ3) is 3.06. The molecular formula is C11H18N4O. The molecule has 0 radical (unpaired) electrons. The van der Waals surface area contributed by atoms with Crippen molar-refractivity contribution in [2.75, 3.05) is 26.2 Å². The molecule has 16 heavy (non-hydrogen) atoms. The van der Waals surface area contributed by atoms with E-state index in [-0.39, 0.29) is 5.91 Å². The predicted molar refractivity (Wildman–Crippen MR) is 60.9 cm³/mol. The Morgan fingerprint density at radius 3 is 3.12 bits per heavy atom. The Hall–Kier alpha value is -1.36. The van der Waals surface area contributed by atoms with Crippen molar-refractivity contribution in [2.24, 2.45) is 0 Å². The van der Waals surface area contributed by atoms with E-state index in [1.54, 1.807) is 10.9 Å². The molecule has 5 heteroatoms. The van der Waals surface area contributed by atoms with Gasteiger partial charge in [0.05, 0.1) is 0 Å². The van der Waals surface area contributed by atoms with Crippen LogP contribution in [0.15, 0.2) is 18.5 Å². The molecule has 1 aromatic heterocycles. The lowest BCUT2D eigenvalue weighted by atomic mass is 10.3. The molecule has 88 valence electrons. The number of hydrogen-bond acceptors (Lipinski definition) is 3. The number of nitrogens with zero attached hydrogens (tertiary/aromatic N) is 3. The summed E-state index contributed by atoms with van der Waals surface area (Å²) < 4.78 is 1.80. The van der Waals surface area contributed by atoms with Crippen LogP contribution in [0.2, 0.25) is 0 Å². The number of nitrogens with one attached hydrogen (secondary N) is 1. The lowest BCUT2D eigenvalue weighted by molar-refractivity contribution is -0.131. The second kappa shape index (κ2) is 5.65. The summed E-state index contributed by atoms with van der Waals surface area (Å²) in [7, 11) is 0. The predicted octanol–water partition coefficient (Wildman–Crippen LogP) is 0.0951. The first kappa shape index (κ1) is 11.1. The van der Waals surface area contributed by atoms with Crippen LogP contribution >= 0.6 is 0 Å². The van der Waals surface area contributed by atoms with Crippen molar-refractivity contribution < 1.29 is 4.79 Å². The lowest BCUT2D eigenvalue weighted by Gasteiger charge is -2.19. The summed E-state index contributed by atoms with van der Waals surface area (Å²) in [6.45, 7) is 4.31. The largest absolute Gasteiger partial charge is 0.341 e. The number of carbonyl (C=O) groups excluding carboxylic acids is 1. The van der Waals surface area contributed by atoms with Crippen molar-refractivity contribution in [3.05, 3.63) is 18.5 Å². The number of rotatable bonds is 3. The Kier molecular flexibility index (Phi) is 3.93. The fourth-order valence-electron chi connectivity index (χ4n) is 1.90. The van der Waals surface area contributed by atoms with Gasteiger partial charge in [-0.3, -0.25) is 9.48 Å². The van der Waals surface area contributed by atoms with E-state index in [2.05, 4.69) is 10.4 Å². The second-order valence-corrected chi connectivity index (χ2v) is 4.00. The van der Waals surface area contributed by atoms with Crippen molar-refractivity contribution in [1.82, 2.24) is 20.0 Å². The van der Waals surface area contributed by atoms with Crippen LogP contribution in [-0.2, 0) is 11.3 Å². The maximum absolute atomic E-state index is 11.9. The maximum Gasteiger partial charge on any atom is 0.224 e. The van der Waals surface area contributed by atoms with E-state index in [0.717, 1.165) is 32.6 Å². The Labute approximate surface area is 95.4 Å². The standard InChI is InChI=1S/C11H18N4O/c16-11(3-9-15-8-2-5-13-15)14-7-1-4-12-6-10-14/h2,5,8,12H,1,3-4,6-7,9-10H2. The monoisotopic (exact) mass is 222 g/mol. The molecule has 0 aromatic carbocycles. The van der Waals surface area contributed by atoms with Crippen molar-refractivity contribution in [3.8, 4) is 0 Å². The van der Waals surface area contributed by atoms with Crippen LogP contribution in [0.5, 0.6) is 0 Å². The van der Waals surface area contributed by atoms with Crippen LogP contribution in [0.3, 0.4) is 0 Å². The molecule has 1 aliphatic rings. The van der Waals surface area contributed by atoms with E-state index in [1.165, 1.54) is 0 Å². The quantitative estimate of drug-likeness (QED) is 0.789. The molecule has 0 bridgehead atoms. The molecule has 0 saturated carbocycles. The average molecular weight is 222 g/mol. The number of carbonyl (C=O) groups is 1. The van der Waals surface area contributed by atoms with Crippen LogP contribution in [0.1, 0.15) is 12.8 Å². The van der Waals surface area contributed by atoms with Gasteiger partial charge in [0.2, 0.25) is 5.91 Å². The van der Waals surface area contributed by atoms with E-state index >= 15 is 0 Å². The lowest BCUT2D eigenvalue weighted by Crippen LogP contribution is -2.34. The third-order valence-electron chi connectivity index (χ3n) is 2.81. The van der Waals surface area contributed by atoms with Crippen LogP contribution in [0.4, 0.5) is 0 Å². The molecule has 2 heterocycles. The molecule has 1 amide bonds. The van der Waals surface area contributed by atoms with Crippen LogP contribution in [0.25, 0.3) is 0 Å². The molecule has 2 rings (SSSR count). The Bertz CT molecular complexity index is 315. The SMILES string of the molecule is O=C(CCn1cccn1)N1CCCNCC1. The molecule has 1 aromatic rings. The van der Waals surface area contributed by atoms with Gasteiger partial charge in [-0.15, -0.1) is 0 Å². The Morgan fingerprint density at radius 2 is 2.31 bits per heavy atom. The van der Waals surface area contributed by atoms with Gasteiger partial charge in [0.15, 0.2) is 0 Å². The summed E-state index contributed by atoms with van der Waals surface area (Å²) in [5.74, 6) is 0.235. The highest BCUT2D eigenvalue weighted by Crippen LogP contribution is 2.00. The van der Waals surface area contributed by atoms with E-state index in [1.807, 2.05) is 17.2 Å². The zero-order chi connectivity index (χ0) is 11.2. The first-order valence-corrected chi connectivity index (χ1v) is 5.82. The topological polar surface area (TPSA) is 50.2 Å². The van der Waals surface area contributed by atoms with Gasteiger partial charge in [-0.05, 0) is 19.0 Å². The van der Waals surface area contributed by atoms with Gasteiger partial charge >= 0.3 is 0 Å². The molecule has 1 saturated heterocycles. The third-order valence-corrected chi connectivity index (χ3v) is 2.81. The number of amides is 1. The fourth-order valence-corrected chi connectivity index (χ4v) is 1.90. The highest BCUT2D eigenvalue weighted by atomic mass is 16.2. The summed E-state index contributed by atoms with van der Waals surface area (Å²) in [5, 5.41) is 7.38. The first-order chi connectivity index (χ1) is 7.86. The zero-order valence-corrected chi connectivity index (χ0v) is 9.43. The van der Waals surface area contributed by atoms with Gasteiger partial charge in [-0.25, -0.2) is 0 Å². The van der Waals surface area contributed by atoms with Crippen molar-refractivity contribution in [3.63, 3.8) is 0 Å². The molecule has 5 nitrogen and oxygen atoms in total. The molecule has 0 spiro atoms. The van der Waals surface area contributed by atoms with Gasteiger partial charge in [0, 0.05) is 45.0 Å². The van der Waals surface area contributed by atoms with Crippen molar-refractivity contribution >= 4 is 5.91 Å². The minimum Gasteiger partial charge on any atom is -0.341 e. The summed E-state index contributed by atoms with van der Waals surface area (Å²) >= 11 is 0. The van der Waals surface area contributed by atoms with Gasteiger partial charge < -0.3 is 10.2 Å². The van der Waals surface area contributed by atoms with E-state index in [4.69, 9.17) is 0 Å². The summed E-state index contributed by atoms with van der Waals surface area (Å²) in [6, 6.07) is 1.88. The van der Waals surface area contributed by atoms with E-state index < -0.39 is 0 Å². The van der Waals surface area contributed by atoms with E-state index in [0.29, 0.717) is 13.0 Å². The zero-order valence-electron chi connectivity index (χ0n) is 9.43. The summed E-state index contributed by atoms with van der Waals surface area (Å²) in [5.41, 5.74) is 0. The van der Waals surface area contributed by atoms with Gasteiger partial charge in [0.25, 0.3) is 0 Å². The number of aromatic nitrogens is 2. The molecule has 0 aliphatic carbocycles. The van der Waals surface area contributed by atoms with Gasteiger partial charge in [-0.1, -0.05) is 0 Å².